The molecule has 0 bridgehead atoms. The molecule has 0 amide bonds. The monoisotopic (exact) mass is 163 g/mol. The zero-order valence-electron chi connectivity index (χ0n) is 4.77. The summed E-state index contributed by atoms with van der Waals surface area (Å²) >= 11 is 0. The van der Waals surface area contributed by atoms with Crippen LogP contribution in [-0.2, 0) is 10.1 Å². The smallest absolute Gasteiger partial charge is 0.313 e. The van der Waals surface area contributed by atoms with Crippen LogP contribution in [0.3, 0.4) is 0 Å². The van der Waals surface area contributed by atoms with Gasteiger partial charge in [0.2, 0.25) is 5.03 Å². The van der Waals surface area contributed by atoms with E-state index in [1.165, 1.54) is 6.20 Å². The first-order chi connectivity index (χ1) is 4.52. The summed E-state index contributed by atoms with van der Waals surface area (Å²) in [6, 6.07) is 1.13. The number of hydrogen-bond acceptors (Lipinski definition) is 3. The number of aromatic hydroxyl groups is 1. The van der Waals surface area contributed by atoms with Gasteiger partial charge in [0.15, 0.2) is 5.75 Å². The summed E-state index contributed by atoms with van der Waals surface area (Å²) in [5.74, 6) is -0.484. The predicted octanol–water partition coefficient (Wildman–Crippen LogP) is -0.0330. The van der Waals surface area contributed by atoms with Crippen molar-refractivity contribution in [1.29, 1.82) is 0 Å². The summed E-state index contributed by atoms with van der Waals surface area (Å²) in [6.07, 6.45) is 1.21. The molecule has 1 heterocycles. The second-order valence-corrected chi connectivity index (χ2v) is 3.03. The molecule has 0 fully saturated rings. The van der Waals surface area contributed by atoms with Gasteiger partial charge in [-0.1, -0.05) is 0 Å². The van der Waals surface area contributed by atoms with E-state index in [1.807, 2.05) is 0 Å². The van der Waals surface area contributed by atoms with Crippen LogP contribution >= 0.6 is 0 Å². The standard InChI is InChI=1S/C4H5NO4S/c6-3-1-2-5-4(3)10(7,8)9/h1-2,5-6H,(H,7,8,9). The molecule has 0 unspecified atom stereocenters. The topological polar surface area (TPSA) is 90.4 Å². The van der Waals surface area contributed by atoms with Crippen LogP contribution in [0.15, 0.2) is 17.3 Å². The minimum Gasteiger partial charge on any atom is -0.505 e. The predicted molar refractivity (Wildman–Crippen MR) is 32.3 cm³/mol. The molecule has 0 spiro atoms. The van der Waals surface area contributed by atoms with Crippen molar-refractivity contribution in [2.45, 2.75) is 5.03 Å². The third kappa shape index (κ3) is 1.12. The van der Waals surface area contributed by atoms with E-state index in [4.69, 9.17) is 9.66 Å². The SMILES string of the molecule is O=S(=O)(O)c1[nH]ccc1O. The number of hydrogen-bond donors (Lipinski definition) is 3. The number of rotatable bonds is 1. The third-order valence-corrected chi connectivity index (χ3v) is 1.79. The third-order valence-electron chi connectivity index (χ3n) is 0.946. The maximum atomic E-state index is 10.3. The number of nitrogens with one attached hydrogen (secondary N) is 1. The summed E-state index contributed by atoms with van der Waals surface area (Å²) in [6.45, 7) is 0. The van der Waals surface area contributed by atoms with Gasteiger partial charge in [0.25, 0.3) is 0 Å². The van der Waals surface area contributed by atoms with Crippen molar-refractivity contribution in [2.24, 2.45) is 0 Å². The van der Waals surface area contributed by atoms with E-state index in [0.717, 1.165) is 6.07 Å². The average molecular weight is 163 g/mol. The molecule has 0 aliphatic heterocycles. The van der Waals surface area contributed by atoms with Crippen molar-refractivity contribution in [3.05, 3.63) is 12.3 Å². The molecule has 0 aromatic carbocycles. The van der Waals surface area contributed by atoms with E-state index in [2.05, 4.69) is 4.98 Å². The molecule has 3 N–H and O–H groups in total. The lowest BCUT2D eigenvalue weighted by molar-refractivity contribution is 0.441. The van der Waals surface area contributed by atoms with E-state index < -0.39 is 20.9 Å². The van der Waals surface area contributed by atoms with E-state index in [9.17, 15) is 8.42 Å². The van der Waals surface area contributed by atoms with Crippen LogP contribution in [0.25, 0.3) is 0 Å². The molecule has 0 saturated heterocycles. The molecule has 5 nitrogen and oxygen atoms in total. The maximum absolute atomic E-state index is 10.3. The van der Waals surface area contributed by atoms with Crippen molar-refractivity contribution >= 4 is 10.1 Å². The lowest BCUT2D eigenvalue weighted by Crippen LogP contribution is -1.97. The molecule has 0 atom stereocenters. The molecule has 1 rings (SSSR count). The average Bonchev–Trinajstić information content (AvgIpc) is 2.11. The second-order valence-electron chi connectivity index (χ2n) is 1.67. The number of H-pyrrole nitrogens is 1. The Morgan fingerprint density at radius 1 is 1.50 bits per heavy atom. The van der Waals surface area contributed by atoms with Crippen LogP contribution in [0.4, 0.5) is 0 Å². The first-order valence-electron chi connectivity index (χ1n) is 2.35. The van der Waals surface area contributed by atoms with Gasteiger partial charge < -0.3 is 10.1 Å². The van der Waals surface area contributed by atoms with Crippen LogP contribution in [0.5, 0.6) is 5.75 Å². The summed E-state index contributed by atoms with van der Waals surface area (Å²) in [5, 5.41) is 8.14. The first-order valence-corrected chi connectivity index (χ1v) is 3.79. The van der Waals surface area contributed by atoms with Gasteiger partial charge in [0.05, 0.1) is 0 Å². The van der Waals surface area contributed by atoms with Gasteiger partial charge in [-0.3, -0.25) is 4.55 Å². The highest BCUT2D eigenvalue weighted by Gasteiger charge is 2.15. The number of aromatic amines is 1. The molecule has 6 heteroatoms. The minimum absolute atomic E-state index is 0.484. The fraction of sp³-hybridized carbons (Fsp3) is 0. The summed E-state index contributed by atoms with van der Waals surface area (Å²) in [4.78, 5) is 2.16. The molecule has 1 aromatic heterocycles. The largest absolute Gasteiger partial charge is 0.505 e. The molecule has 1 aromatic rings. The van der Waals surface area contributed by atoms with Crippen LogP contribution in [-0.4, -0.2) is 23.1 Å². The minimum atomic E-state index is -4.30. The van der Waals surface area contributed by atoms with Crippen LogP contribution in [0, 0.1) is 0 Å². The Balaban J connectivity index is 3.32. The Morgan fingerprint density at radius 3 is 2.30 bits per heavy atom. The van der Waals surface area contributed by atoms with E-state index >= 15 is 0 Å². The highest BCUT2D eigenvalue weighted by molar-refractivity contribution is 7.85. The van der Waals surface area contributed by atoms with Gasteiger partial charge in [-0.2, -0.15) is 8.42 Å². The Labute approximate surface area is 57.1 Å². The second kappa shape index (κ2) is 1.99. The fourth-order valence-electron chi connectivity index (χ4n) is 0.553. The van der Waals surface area contributed by atoms with Gasteiger partial charge in [-0.05, 0) is 6.07 Å². The maximum Gasteiger partial charge on any atom is 0.313 e. The van der Waals surface area contributed by atoms with Gasteiger partial charge >= 0.3 is 10.1 Å². The lowest BCUT2D eigenvalue weighted by Gasteiger charge is -1.90. The Kier molecular flexibility index (Phi) is 1.42. The van der Waals surface area contributed by atoms with Crippen molar-refractivity contribution in [3.63, 3.8) is 0 Å². The molecule has 0 aliphatic carbocycles. The zero-order chi connectivity index (χ0) is 7.78. The molecular formula is C4H5NO4S. The Bertz CT molecular complexity index is 325. The van der Waals surface area contributed by atoms with Gasteiger partial charge in [-0.15, -0.1) is 0 Å². The molecule has 10 heavy (non-hydrogen) atoms. The fourth-order valence-corrected chi connectivity index (χ4v) is 1.10. The molecule has 0 aliphatic rings. The Morgan fingerprint density at radius 2 is 2.10 bits per heavy atom. The number of aromatic nitrogens is 1. The normalized spacial score (nSPS) is 11.7. The van der Waals surface area contributed by atoms with Crippen LogP contribution in [0.1, 0.15) is 0 Å². The van der Waals surface area contributed by atoms with Crippen molar-refractivity contribution in [3.8, 4) is 5.75 Å². The van der Waals surface area contributed by atoms with E-state index in [0.29, 0.717) is 0 Å². The summed E-state index contributed by atoms with van der Waals surface area (Å²) in [5.41, 5.74) is 0. The molecule has 0 radical (unpaired) electrons. The quantitative estimate of drug-likeness (QED) is 0.507. The first kappa shape index (κ1) is 7.10. The summed E-state index contributed by atoms with van der Waals surface area (Å²) < 4.78 is 28.9. The van der Waals surface area contributed by atoms with Crippen LogP contribution in [0.2, 0.25) is 0 Å². The highest BCUT2D eigenvalue weighted by atomic mass is 32.2. The van der Waals surface area contributed by atoms with Gasteiger partial charge in [0.1, 0.15) is 0 Å². The van der Waals surface area contributed by atoms with Crippen molar-refractivity contribution < 1.29 is 18.1 Å². The zero-order valence-corrected chi connectivity index (χ0v) is 5.59. The molecule has 56 valence electrons. The van der Waals surface area contributed by atoms with E-state index in [1.54, 1.807) is 0 Å². The summed E-state index contributed by atoms with van der Waals surface area (Å²) in [7, 11) is -4.30. The van der Waals surface area contributed by atoms with Crippen LogP contribution < -0.4 is 0 Å². The van der Waals surface area contributed by atoms with Gasteiger partial charge in [0, 0.05) is 6.20 Å². The van der Waals surface area contributed by atoms with Gasteiger partial charge in [-0.25, -0.2) is 0 Å². The molecular weight excluding hydrogens is 158 g/mol. The van der Waals surface area contributed by atoms with Crippen molar-refractivity contribution in [1.82, 2.24) is 4.98 Å². The van der Waals surface area contributed by atoms with E-state index in [-0.39, 0.29) is 0 Å². The molecule has 0 saturated carbocycles. The highest BCUT2D eigenvalue weighted by Crippen LogP contribution is 2.18. The van der Waals surface area contributed by atoms with Crippen molar-refractivity contribution in [2.75, 3.05) is 0 Å². The Hall–Kier alpha value is -1.01. The lowest BCUT2D eigenvalue weighted by atomic mass is 10.6.